The number of halogens is 4. The molecule has 0 radical (unpaired) electrons. The summed E-state index contributed by atoms with van der Waals surface area (Å²) in [6.45, 7) is 2.14. The summed E-state index contributed by atoms with van der Waals surface area (Å²) in [5, 5.41) is 17.2. The van der Waals surface area contributed by atoms with E-state index in [0.29, 0.717) is 11.3 Å². The van der Waals surface area contributed by atoms with Gasteiger partial charge < -0.3 is 34.3 Å². The highest BCUT2D eigenvalue weighted by atomic mass is 35.5. The molecular formula is C33H31ClF3N9O6. The van der Waals surface area contributed by atoms with Gasteiger partial charge in [-0.3, -0.25) is 14.4 Å². The summed E-state index contributed by atoms with van der Waals surface area (Å²) in [7, 11) is 2.77. The van der Waals surface area contributed by atoms with Gasteiger partial charge in [0.25, 0.3) is 17.3 Å². The number of alkyl halides is 3. The Kier molecular flexibility index (Phi) is 9.92. The molecule has 2 N–H and O–H groups in total. The minimum absolute atomic E-state index is 0.0142. The van der Waals surface area contributed by atoms with Gasteiger partial charge in [-0.15, -0.1) is 5.10 Å². The zero-order valence-corrected chi connectivity index (χ0v) is 28.7. The Morgan fingerprint density at radius 3 is 2.40 bits per heavy atom. The maximum atomic E-state index is 14.2. The number of aromatic nitrogens is 6. The first kappa shape index (κ1) is 35.9. The Bertz CT molecular complexity index is 2240. The van der Waals surface area contributed by atoms with Gasteiger partial charge in [0, 0.05) is 50.2 Å². The van der Waals surface area contributed by atoms with Crippen LogP contribution in [0.15, 0.2) is 53.6 Å². The van der Waals surface area contributed by atoms with Crippen molar-refractivity contribution in [2.45, 2.75) is 26.1 Å². The number of amides is 2. The van der Waals surface area contributed by atoms with Gasteiger partial charge in [0.05, 0.1) is 41.8 Å². The second-order valence-electron chi connectivity index (χ2n) is 11.5. The average Bonchev–Trinajstić information content (AvgIpc) is 3.59. The first-order valence-electron chi connectivity index (χ1n) is 15.8. The van der Waals surface area contributed by atoms with E-state index in [1.54, 1.807) is 24.0 Å². The number of aromatic hydroxyl groups is 1. The lowest BCUT2D eigenvalue weighted by molar-refractivity contribution is -0.137. The van der Waals surface area contributed by atoms with Gasteiger partial charge in [0.2, 0.25) is 17.6 Å². The molecule has 0 bridgehead atoms. The summed E-state index contributed by atoms with van der Waals surface area (Å²) >= 11 is 6.11. The molecule has 0 saturated carbocycles. The average molecular weight is 742 g/mol. The van der Waals surface area contributed by atoms with E-state index in [1.807, 2.05) is 0 Å². The zero-order chi connectivity index (χ0) is 37.3. The molecule has 1 aliphatic rings. The Hall–Kier alpha value is -5.91. The number of hydrogen-bond acceptors (Lipinski definition) is 11. The summed E-state index contributed by atoms with van der Waals surface area (Å²) in [6.07, 6.45) is -1.54. The van der Waals surface area contributed by atoms with Crippen LogP contribution in [0.1, 0.15) is 28.5 Å². The molecule has 272 valence electrons. The van der Waals surface area contributed by atoms with Gasteiger partial charge in [0.1, 0.15) is 12.2 Å². The van der Waals surface area contributed by atoms with Gasteiger partial charge in [-0.1, -0.05) is 18.5 Å². The van der Waals surface area contributed by atoms with Crippen LogP contribution in [0.3, 0.4) is 0 Å². The molecule has 1 saturated heterocycles. The third kappa shape index (κ3) is 6.88. The van der Waals surface area contributed by atoms with Gasteiger partial charge in [0.15, 0.2) is 11.6 Å². The number of piperazine rings is 1. The Morgan fingerprint density at radius 1 is 1.02 bits per heavy atom. The van der Waals surface area contributed by atoms with Gasteiger partial charge >= 0.3 is 6.18 Å². The van der Waals surface area contributed by atoms with Crippen molar-refractivity contribution in [2.24, 2.45) is 0 Å². The van der Waals surface area contributed by atoms with Crippen molar-refractivity contribution < 1.29 is 37.3 Å². The van der Waals surface area contributed by atoms with Crippen LogP contribution in [0.25, 0.3) is 17.2 Å². The number of methoxy groups -OCH3 is 2. The highest BCUT2D eigenvalue weighted by molar-refractivity contribution is 6.33. The lowest BCUT2D eigenvalue weighted by Crippen LogP contribution is -2.51. The number of fused-ring (bicyclic) bond motifs is 1. The molecule has 0 spiro atoms. The molecule has 52 heavy (non-hydrogen) atoms. The second-order valence-corrected chi connectivity index (χ2v) is 11.9. The summed E-state index contributed by atoms with van der Waals surface area (Å²) in [6, 6.07) is 7.17. The highest BCUT2D eigenvalue weighted by Gasteiger charge is 2.32. The smallest absolute Gasteiger partial charge is 0.416 e. The molecule has 1 fully saturated rings. The molecule has 5 heterocycles. The summed E-state index contributed by atoms with van der Waals surface area (Å²) in [5.41, 5.74) is -0.401. The molecule has 6 rings (SSSR count). The zero-order valence-electron chi connectivity index (χ0n) is 27.9. The summed E-state index contributed by atoms with van der Waals surface area (Å²) in [5.74, 6) is -1.14. The van der Waals surface area contributed by atoms with Crippen molar-refractivity contribution >= 4 is 40.6 Å². The number of anilines is 2. The Balaban J connectivity index is 1.37. The molecule has 0 unspecified atom stereocenters. The van der Waals surface area contributed by atoms with E-state index in [-0.39, 0.29) is 83.7 Å². The van der Waals surface area contributed by atoms with Crippen LogP contribution in [-0.4, -0.2) is 91.4 Å². The lowest BCUT2D eigenvalue weighted by Gasteiger charge is -2.37. The molecule has 5 aromatic rings. The topological polar surface area (TPSA) is 169 Å². The van der Waals surface area contributed by atoms with Crippen molar-refractivity contribution in [2.75, 3.05) is 50.6 Å². The molecule has 0 atom stereocenters. The molecule has 2 amide bonds. The number of ether oxygens (including phenoxy) is 2. The fraction of sp³-hybridized carbons (Fsp3) is 0.303. The fourth-order valence-corrected chi connectivity index (χ4v) is 6.13. The number of pyridine rings is 2. The van der Waals surface area contributed by atoms with E-state index in [2.05, 4.69) is 25.4 Å². The molecule has 15 nitrogen and oxygen atoms in total. The number of carbonyl (C=O) groups excluding carboxylic acids is 2. The summed E-state index contributed by atoms with van der Waals surface area (Å²) in [4.78, 5) is 57.0. The van der Waals surface area contributed by atoms with Crippen molar-refractivity contribution in [1.82, 2.24) is 34.0 Å². The third-order valence-electron chi connectivity index (χ3n) is 8.43. The lowest BCUT2D eigenvalue weighted by atomic mass is 10.1. The first-order valence-corrected chi connectivity index (χ1v) is 16.2. The van der Waals surface area contributed by atoms with Crippen LogP contribution >= 0.6 is 11.6 Å². The number of carbonyl (C=O) groups is 2. The minimum Gasteiger partial charge on any atom is -0.503 e. The Labute approximate surface area is 298 Å². The monoisotopic (exact) mass is 741 g/mol. The largest absolute Gasteiger partial charge is 0.503 e. The van der Waals surface area contributed by atoms with E-state index in [4.69, 9.17) is 21.1 Å². The van der Waals surface area contributed by atoms with E-state index in [0.717, 1.165) is 22.7 Å². The molecule has 4 aromatic heterocycles. The molecule has 19 heteroatoms. The second kappa shape index (κ2) is 14.4. The van der Waals surface area contributed by atoms with Gasteiger partial charge in [-0.05, 0) is 36.8 Å². The molecule has 1 aliphatic heterocycles. The van der Waals surface area contributed by atoms with Gasteiger partial charge in [-0.2, -0.15) is 22.7 Å². The normalized spacial score (nSPS) is 13.4. The van der Waals surface area contributed by atoms with Crippen molar-refractivity contribution in [3.05, 3.63) is 81.0 Å². The number of hydrogen-bond donors (Lipinski definition) is 2. The molecular weight excluding hydrogens is 711 g/mol. The predicted molar refractivity (Wildman–Crippen MR) is 182 cm³/mol. The quantitative estimate of drug-likeness (QED) is 0.225. The van der Waals surface area contributed by atoms with Crippen LogP contribution < -0.4 is 25.2 Å². The number of benzene rings is 1. The van der Waals surface area contributed by atoms with E-state index in [1.165, 1.54) is 42.1 Å². The molecule has 1 aromatic carbocycles. The first-order chi connectivity index (χ1) is 24.8. The SMILES string of the molecule is CCc1c(N2CCN(C(=O)c3ccnc(OC)c3O)CC2)c(=O)n2nc(-c3ccnc(OC)c3)nc2n1CC(=O)Nc1ccc(C(F)(F)F)cc1Cl. The Morgan fingerprint density at radius 2 is 1.75 bits per heavy atom. The van der Waals surface area contributed by atoms with Crippen LogP contribution in [0.4, 0.5) is 24.5 Å². The van der Waals surface area contributed by atoms with Crippen LogP contribution in [-0.2, 0) is 23.9 Å². The minimum atomic E-state index is -4.63. The predicted octanol–water partition coefficient (Wildman–Crippen LogP) is 3.91. The van der Waals surface area contributed by atoms with Crippen molar-refractivity contribution in [3.8, 4) is 28.9 Å². The van der Waals surface area contributed by atoms with Crippen molar-refractivity contribution in [3.63, 3.8) is 0 Å². The molecule has 0 aliphatic carbocycles. The van der Waals surface area contributed by atoms with E-state index >= 15 is 0 Å². The van der Waals surface area contributed by atoms with E-state index in [9.17, 15) is 32.7 Å². The van der Waals surface area contributed by atoms with Crippen molar-refractivity contribution in [1.29, 1.82) is 0 Å². The standard InChI is InChI=1S/C33H31ClF3N9O6/c1-4-23-26(43-11-13-44(14-12-43)30(49)20-8-10-39-29(52-3)27(20)48)31(50)46-32(41-28(42-46)18-7-9-38-25(15-18)51-2)45(23)17-24(47)40-22-6-5-19(16-21(22)34)33(35,36)37/h5-10,15-16,48H,4,11-14,17H2,1-3H3,(H,40,47). The fourth-order valence-electron chi connectivity index (χ4n) is 5.90. The van der Waals surface area contributed by atoms with Crippen LogP contribution in [0.5, 0.6) is 17.5 Å². The third-order valence-corrected chi connectivity index (χ3v) is 8.75. The maximum absolute atomic E-state index is 14.2. The number of rotatable bonds is 9. The number of nitrogens with zero attached hydrogens (tertiary/aromatic N) is 8. The highest BCUT2D eigenvalue weighted by Crippen LogP contribution is 2.34. The van der Waals surface area contributed by atoms with Crippen LogP contribution in [0.2, 0.25) is 5.02 Å². The summed E-state index contributed by atoms with van der Waals surface area (Å²) < 4.78 is 52.5. The van der Waals surface area contributed by atoms with Crippen LogP contribution in [0, 0.1) is 0 Å². The number of nitrogens with one attached hydrogen (secondary N) is 1. The van der Waals surface area contributed by atoms with E-state index < -0.39 is 35.7 Å². The van der Waals surface area contributed by atoms with Gasteiger partial charge in [-0.25, -0.2) is 9.97 Å². The maximum Gasteiger partial charge on any atom is 0.416 e.